The minimum absolute atomic E-state index is 0.0133. The van der Waals surface area contributed by atoms with Crippen LogP contribution in [0.4, 0.5) is 43.9 Å². The predicted molar refractivity (Wildman–Crippen MR) is 156 cm³/mol. The van der Waals surface area contributed by atoms with E-state index in [1.807, 2.05) is 6.08 Å². The summed E-state index contributed by atoms with van der Waals surface area (Å²) in [5.74, 6) is 1.51. The second-order valence-corrected chi connectivity index (χ2v) is 10.9. The third kappa shape index (κ3) is 8.93. The highest BCUT2D eigenvalue weighted by atomic mass is 35.5. The monoisotopic (exact) mass is 684 g/mol. The van der Waals surface area contributed by atoms with E-state index in [4.69, 9.17) is 11.6 Å². The molecule has 0 bridgehead atoms. The molecule has 0 spiro atoms. The molecule has 3 aromatic rings. The van der Waals surface area contributed by atoms with Crippen LogP contribution in [0.25, 0.3) is 0 Å². The van der Waals surface area contributed by atoms with Gasteiger partial charge in [0.2, 0.25) is 0 Å². The SMILES string of the molecule is CCCCCC1C=CC(C#Cc2cc(F)c(C(F)(F)Oc3ccc(C#Cc4cc(F)c(C(F)(F)F)c(Cl)c4)c(F)c3)c(F)c2)=C(F)C1. The molecule has 1 atom stereocenters. The molecule has 12 heteroatoms. The minimum Gasteiger partial charge on any atom is -0.429 e. The molecular weight excluding hydrogens is 662 g/mol. The molecule has 0 amide bonds. The summed E-state index contributed by atoms with van der Waals surface area (Å²) in [6.45, 7) is 2.05. The van der Waals surface area contributed by atoms with E-state index in [-0.39, 0.29) is 29.0 Å². The molecule has 1 aliphatic carbocycles. The maximum Gasteiger partial charge on any atom is 0.432 e. The van der Waals surface area contributed by atoms with Crippen LogP contribution in [0.5, 0.6) is 5.75 Å². The maximum atomic E-state index is 14.9. The van der Waals surface area contributed by atoms with Gasteiger partial charge < -0.3 is 4.74 Å². The minimum atomic E-state index is -5.07. The zero-order valence-corrected chi connectivity index (χ0v) is 25.1. The van der Waals surface area contributed by atoms with E-state index in [0.29, 0.717) is 30.3 Å². The quantitative estimate of drug-likeness (QED) is 0.137. The fourth-order valence-electron chi connectivity index (χ4n) is 4.67. The van der Waals surface area contributed by atoms with Crippen molar-refractivity contribution in [1.82, 2.24) is 0 Å². The standard InChI is InChI=1S/C35H23ClF10O/c1-2-3-4-5-20-6-9-23(27(37)15-20)11-8-22-17-30(40)33(31(41)18-22)35(45,46)47-25-13-12-24(28(38)19-25)10-7-21-14-26(36)32(29(39)16-21)34(42,43)44/h6,9,12-14,16-20H,2-5,15H2,1H3. The molecule has 1 aliphatic rings. The number of rotatable bonds is 7. The summed E-state index contributed by atoms with van der Waals surface area (Å²) >= 11 is 5.50. The molecular formula is C35H23ClF10O. The maximum absolute atomic E-state index is 14.9. The van der Waals surface area contributed by atoms with Crippen molar-refractivity contribution in [2.24, 2.45) is 5.92 Å². The predicted octanol–water partition coefficient (Wildman–Crippen LogP) is 11.2. The average Bonchev–Trinajstić information content (AvgIpc) is 2.94. The summed E-state index contributed by atoms with van der Waals surface area (Å²) in [4.78, 5) is 0. The molecule has 0 N–H and O–H groups in total. The van der Waals surface area contributed by atoms with E-state index < -0.39 is 68.8 Å². The molecule has 0 saturated carbocycles. The molecule has 0 radical (unpaired) electrons. The van der Waals surface area contributed by atoms with Gasteiger partial charge in [0.1, 0.15) is 46.0 Å². The van der Waals surface area contributed by atoms with E-state index in [0.717, 1.165) is 37.8 Å². The Hall–Kier alpha value is -4.35. The molecule has 47 heavy (non-hydrogen) atoms. The molecule has 0 aliphatic heterocycles. The van der Waals surface area contributed by atoms with Crippen molar-refractivity contribution in [2.75, 3.05) is 0 Å². The van der Waals surface area contributed by atoms with Crippen molar-refractivity contribution in [3.8, 4) is 29.4 Å². The highest BCUT2D eigenvalue weighted by molar-refractivity contribution is 6.31. The lowest BCUT2D eigenvalue weighted by Crippen LogP contribution is -2.25. The van der Waals surface area contributed by atoms with Gasteiger partial charge in [-0.3, -0.25) is 0 Å². The lowest BCUT2D eigenvalue weighted by Gasteiger charge is -2.19. The van der Waals surface area contributed by atoms with E-state index in [1.165, 1.54) is 6.08 Å². The Morgan fingerprint density at radius 2 is 1.38 bits per heavy atom. The zero-order chi connectivity index (χ0) is 34.5. The van der Waals surface area contributed by atoms with Gasteiger partial charge >= 0.3 is 12.3 Å². The van der Waals surface area contributed by atoms with Crippen LogP contribution >= 0.6 is 11.6 Å². The van der Waals surface area contributed by atoms with E-state index in [1.54, 1.807) is 0 Å². The fourth-order valence-corrected chi connectivity index (χ4v) is 4.99. The van der Waals surface area contributed by atoms with Gasteiger partial charge in [0.05, 0.1) is 16.2 Å². The Balaban J connectivity index is 1.49. The molecule has 1 nitrogen and oxygen atoms in total. The summed E-state index contributed by atoms with van der Waals surface area (Å²) in [5, 5.41) is -0.980. The van der Waals surface area contributed by atoms with Gasteiger partial charge in [-0.25, -0.2) is 22.0 Å². The van der Waals surface area contributed by atoms with Crippen molar-refractivity contribution in [2.45, 2.75) is 51.3 Å². The number of hydrogen-bond acceptors (Lipinski definition) is 1. The lowest BCUT2D eigenvalue weighted by molar-refractivity contribution is -0.189. The van der Waals surface area contributed by atoms with Crippen molar-refractivity contribution >= 4 is 11.6 Å². The first-order valence-electron chi connectivity index (χ1n) is 14.1. The van der Waals surface area contributed by atoms with Gasteiger partial charge in [0.15, 0.2) is 0 Å². The average molecular weight is 685 g/mol. The zero-order valence-electron chi connectivity index (χ0n) is 24.4. The summed E-state index contributed by atoms with van der Waals surface area (Å²) in [5.41, 5.74) is -4.61. The Morgan fingerprint density at radius 1 is 0.766 bits per heavy atom. The van der Waals surface area contributed by atoms with E-state index in [9.17, 15) is 43.9 Å². The van der Waals surface area contributed by atoms with Crippen LogP contribution in [0.2, 0.25) is 5.02 Å². The molecule has 4 rings (SSSR count). The normalized spacial score (nSPS) is 14.8. The lowest BCUT2D eigenvalue weighted by atomic mass is 9.91. The third-order valence-corrected chi connectivity index (χ3v) is 7.27. The Morgan fingerprint density at radius 3 is 1.96 bits per heavy atom. The van der Waals surface area contributed by atoms with Gasteiger partial charge in [-0.05, 0) is 54.8 Å². The summed E-state index contributed by atoms with van der Waals surface area (Å²) in [6.07, 6.45) is -2.48. The van der Waals surface area contributed by atoms with Gasteiger partial charge in [-0.1, -0.05) is 67.5 Å². The first kappa shape index (κ1) is 35.5. The molecule has 0 aromatic heterocycles. The van der Waals surface area contributed by atoms with Crippen molar-refractivity contribution < 1.29 is 48.6 Å². The van der Waals surface area contributed by atoms with Crippen LogP contribution < -0.4 is 4.74 Å². The second-order valence-electron chi connectivity index (χ2n) is 10.5. The van der Waals surface area contributed by atoms with Crippen LogP contribution in [-0.2, 0) is 12.3 Å². The number of allylic oxidation sites excluding steroid dienone is 4. The Bertz CT molecular complexity index is 1810. The topological polar surface area (TPSA) is 9.23 Å². The number of ether oxygens (including phenoxy) is 1. The number of unbranched alkanes of at least 4 members (excludes halogenated alkanes) is 2. The fraction of sp³-hybridized carbons (Fsp3) is 0.257. The molecule has 246 valence electrons. The molecule has 0 heterocycles. The highest BCUT2D eigenvalue weighted by Crippen LogP contribution is 2.38. The van der Waals surface area contributed by atoms with Crippen LogP contribution in [0.3, 0.4) is 0 Å². The Kier molecular flexibility index (Phi) is 11.0. The van der Waals surface area contributed by atoms with Gasteiger partial charge in [0.25, 0.3) is 0 Å². The third-order valence-electron chi connectivity index (χ3n) is 6.98. The number of hydrogen-bond donors (Lipinski definition) is 0. The van der Waals surface area contributed by atoms with Gasteiger partial charge in [-0.2, -0.15) is 22.0 Å². The van der Waals surface area contributed by atoms with Gasteiger partial charge in [0, 0.05) is 23.6 Å². The highest BCUT2D eigenvalue weighted by Gasteiger charge is 2.41. The molecule has 3 aromatic carbocycles. The number of benzene rings is 3. The van der Waals surface area contributed by atoms with E-state index in [2.05, 4.69) is 35.3 Å². The van der Waals surface area contributed by atoms with Gasteiger partial charge in [-0.15, -0.1) is 0 Å². The van der Waals surface area contributed by atoms with Crippen LogP contribution in [0.15, 0.2) is 66.0 Å². The first-order valence-corrected chi connectivity index (χ1v) is 14.5. The first-order chi connectivity index (χ1) is 22.1. The van der Waals surface area contributed by atoms with Crippen LogP contribution in [0.1, 0.15) is 66.8 Å². The molecule has 1 unspecified atom stereocenters. The van der Waals surface area contributed by atoms with Crippen LogP contribution in [-0.4, -0.2) is 0 Å². The van der Waals surface area contributed by atoms with Crippen LogP contribution in [0, 0.1) is 52.9 Å². The van der Waals surface area contributed by atoms with Crippen molar-refractivity contribution in [3.63, 3.8) is 0 Å². The Labute approximate surface area is 268 Å². The molecule has 0 fully saturated rings. The summed E-state index contributed by atoms with van der Waals surface area (Å²) in [7, 11) is 0. The molecule has 0 saturated heterocycles. The van der Waals surface area contributed by atoms with Crippen molar-refractivity contribution in [1.29, 1.82) is 0 Å². The number of alkyl halides is 5. The number of halogens is 11. The largest absolute Gasteiger partial charge is 0.432 e. The van der Waals surface area contributed by atoms with Crippen molar-refractivity contribution in [3.05, 3.63) is 122 Å². The van der Waals surface area contributed by atoms with E-state index >= 15 is 0 Å². The summed E-state index contributed by atoms with van der Waals surface area (Å²) < 4.78 is 145. The second kappa shape index (κ2) is 14.6. The smallest absolute Gasteiger partial charge is 0.429 e. The summed E-state index contributed by atoms with van der Waals surface area (Å²) in [6, 6.07) is 4.28.